The number of rotatable bonds is 4. The van der Waals surface area contributed by atoms with Crippen LogP contribution in [-0.2, 0) is 14.3 Å². The van der Waals surface area contributed by atoms with E-state index in [0.717, 1.165) is 25.7 Å². The molecule has 4 heteroatoms. The highest BCUT2D eigenvalue weighted by molar-refractivity contribution is 5.75. The molecule has 1 rings (SSSR count). The summed E-state index contributed by atoms with van der Waals surface area (Å²) >= 11 is 0. The predicted octanol–water partition coefficient (Wildman–Crippen LogP) is 1.61. The fraction of sp³-hybridized carbons (Fsp3) is 0.917. The Kier molecular flexibility index (Phi) is 4.74. The summed E-state index contributed by atoms with van der Waals surface area (Å²) in [6.45, 7) is 6.02. The van der Waals surface area contributed by atoms with Crippen LogP contribution in [-0.4, -0.2) is 30.3 Å². The Labute approximate surface area is 97.5 Å². The van der Waals surface area contributed by atoms with E-state index in [4.69, 9.17) is 15.2 Å². The molecule has 1 aliphatic rings. The van der Waals surface area contributed by atoms with E-state index < -0.39 is 6.04 Å². The summed E-state index contributed by atoms with van der Waals surface area (Å²) in [7, 11) is 0. The van der Waals surface area contributed by atoms with Crippen LogP contribution in [0.25, 0.3) is 0 Å². The molecule has 0 radical (unpaired) electrons. The minimum atomic E-state index is -0.667. The van der Waals surface area contributed by atoms with Crippen molar-refractivity contribution in [1.82, 2.24) is 0 Å². The molecule has 0 spiro atoms. The number of nitrogens with two attached hydrogens (primary N) is 1. The maximum Gasteiger partial charge on any atom is 0.325 e. The smallest absolute Gasteiger partial charge is 0.325 e. The van der Waals surface area contributed by atoms with Gasteiger partial charge in [-0.25, -0.2) is 0 Å². The Morgan fingerprint density at radius 2 is 1.94 bits per heavy atom. The van der Waals surface area contributed by atoms with Crippen molar-refractivity contribution < 1.29 is 14.3 Å². The van der Waals surface area contributed by atoms with Crippen LogP contribution < -0.4 is 5.73 Å². The van der Waals surface area contributed by atoms with E-state index in [1.807, 2.05) is 20.8 Å². The quantitative estimate of drug-likeness (QED) is 0.744. The first-order chi connectivity index (χ1) is 7.38. The predicted molar refractivity (Wildman–Crippen MR) is 62.0 cm³/mol. The van der Waals surface area contributed by atoms with Crippen molar-refractivity contribution in [2.75, 3.05) is 6.61 Å². The molecular formula is C12H23NO3. The van der Waals surface area contributed by atoms with Crippen molar-refractivity contribution >= 4 is 5.97 Å². The number of hydrogen-bond donors (Lipinski definition) is 1. The van der Waals surface area contributed by atoms with Gasteiger partial charge in [-0.3, -0.25) is 4.79 Å². The van der Waals surface area contributed by atoms with Gasteiger partial charge in [-0.2, -0.15) is 0 Å². The molecule has 0 aromatic heterocycles. The van der Waals surface area contributed by atoms with E-state index in [9.17, 15) is 4.79 Å². The minimum absolute atomic E-state index is 0.0770. The van der Waals surface area contributed by atoms with Gasteiger partial charge in [0.05, 0.1) is 12.2 Å². The molecule has 1 atom stereocenters. The fourth-order valence-corrected chi connectivity index (χ4v) is 1.67. The summed E-state index contributed by atoms with van der Waals surface area (Å²) in [5.41, 5.74) is 5.43. The second kappa shape index (κ2) is 5.64. The lowest BCUT2D eigenvalue weighted by Crippen LogP contribution is -2.40. The summed E-state index contributed by atoms with van der Waals surface area (Å²) in [4.78, 5) is 11.6. The summed E-state index contributed by atoms with van der Waals surface area (Å²) in [6, 6.07) is -0.667. The zero-order valence-electron chi connectivity index (χ0n) is 10.5. The molecule has 0 aliphatic heterocycles. The lowest BCUT2D eigenvalue weighted by molar-refractivity contribution is -0.153. The van der Waals surface area contributed by atoms with Crippen LogP contribution in [0, 0.1) is 0 Å². The number of esters is 1. The molecule has 4 nitrogen and oxygen atoms in total. The highest BCUT2D eigenvalue weighted by atomic mass is 16.6. The van der Waals surface area contributed by atoms with Gasteiger partial charge in [0.25, 0.3) is 0 Å². The van der Waals surface area contributed by atoms with E-state index in [2.05, 4.69) is 0 Å². The van der Waals surface area contributed by atoms with E-state index in [1.165, 1.54) is 0 Å². The summed E-state index contributed by atoms with van der Waals surface area (Å²) < 4.78 is 10.7. The molecule has 1 fully saturated rings. The van der Waals surface area contributed by atoms with E-state index >= 15 is 0 Å². The minimum Gasteiger partial charge on any atom is -0.461 e. The van der Waals surface area contributed by atoms with Crippen molar-refractivity contribution in [3.63, 3.8) is 0 Å². The normalized spacial score (nSPS) is 19.8. The molecule has 0 amide bonds. The fourth-order valence-electron chi connectivity index (χ4n) is 1.67. The molecule has 2 N–H and O–H groups in total. The Balaban J connectivity index is 2.24. The van der Waals surface area contributed by atoms with E-state index in [-0.39, 0.29) is 24.3 Å². The van der Waals surface area contributed by atoms with Gasteiger partial charge in [-0.05, 0) is 46.5 Å². The molecule has 0 saturated heterocycles. The van der Waals surface area contributed by atoms with Crippen molar-refractivity contribution in [1.29, 1.82) is 0 Å². The maximum absolute atomic E-state index is 11.6. The standard InChI is InChI=1S/C12H23NO3/c1-12(2,3)15-8-10(13)11(14)16-9-6-4-5-7-9/h9-10H,4-8,13H2,1-3H3. The molecule has 0 heterocycles. The average molecular weight is 229 g/mol. The molecule has 0 aromatic carbocycles. The molecule has 0 bridgehead atoms. The Morgan fingerprint density at radius 3 is 2.44 bits per heavy atom. The first-order valence-corrected chi connectivity index (χ1v) is 5.98. The average Bonchev–Trinajstić information content (AvgIpc) is 2.65. The second-order valence-electron chi connectivity index (χ2n) is 5.37. The van der Waals surface area contributed by atoms with Gasteiger partial charge in [0.15, 0.2) is 0 Å². The lowest BCUT2D eigenvalue weighted by atomic mass is 10.2. The topological polar surface area (TPSA) is 61.5 Å². The molecule has 16 heavy (non-hydrogen) atoms. The molecule has 1 aliphatic carbocycles. The van der Waals surface area contributed by atoms with E-state index in [1.54, 1.807) is 0 Å². The number of ether oxygens (including phenoxy) is 2. The van der Waals surface area contributed by atoms with Crippen molar-refractivity contribution in [2.45, 2.75) is 64.2 Å². The third-order valence-electron chi connectivity index (χ3n) is 2.58. The molecule has 0 aromatic rings. The first kappa shape index (κ1) is 13.5. The third-order valence-corrected chi connectivity index (χ3v) is 2.58. The Morgan fingerprint density at radius 1 is 1.38 bits per heavy atom. The van der Waals surface area contributed by atoms with Crippen molar-refractivity contribution in [3.8, 4) is 0 Å². The van der Waals surface area contributed by atoms with Gasteiger partial charge in [-0.1, -0.05) is 0 Å². The van der Waals surface area contributed by atoms with E-state index in [0.29, 0.717) is 0 Å². The Hall–Kier alpha value is -0.610. The van der Waals surface area contributed by atoms with Crippen molar-refractivity contribution in [3.05, 3.63) is 0 Å². The van der Waals surface area contributed by atoms with Gasteiger partial charge in [-0.15, -0.1) is 0 Å². The monoisotopic (exact) mass is 229 g/mol. The first-order valence-electron chi connectivity index (χ1n) is 5.98. The lowest BCUT2D eigenvalue weighted by Gasteiger charge is -2.22. The summed E-state index contributed by atoms with van der Waals surface area (Å²) in [5, 5.41) is 0. The highest BCUT2D eigenvalue weighted by Gasteiger charge is 2.24. The molecule has 1 unspecified atom stereocenters. The largest absolute Gasteiger partial charge is 0.461 e. The van der Waals surface area contributed by atoms with Crippen LogP contribution in [0.3, 0.4) is 0 Å². The summed E-state index contributed by atoms with van der Waals surface area (Å²) in [6.07, 6.45) is 4.31. The van der Waals surface area contributed by atoms with Gasteiger partial charge < -0.3 is 15.2 Å². The van der Waals surface area contributed by atoms with Crippen LogP contribution in [0.5, 0.6) is 0 Å². The van der Waals surface area contributed by atoms with Crippen LogP contribution in [0.15, 0.2) is 0 Å². The van der Waals surface area contributed by atoms with Crippen LogP contribution in [0.4, 0.5) is 0 Å². The zero-order chi connectivity index (χ0) is 12.2. The van der Waals surface area contributed by atoms with Crippen LogP contribution >= 0.6 is 0 Å². The van der Waals surface area contributed by atoms with Gasteiger partial charge in [0.2, 0.25) is 0 Å². The Bertz CT molecular complexity index is 229. The van der Waals surface area contributed by atoms with Gasteiger partial charge in [0.1, 0.15) is 12.1 Å². The second-order valence-corrected chi connectivity index (χ2v) is 5.37. The van der Waals surface area contributed by atoms with Crippen LogP contribution in [0.2, 0.25) is 0 Å². The highest BCUT2D eigenvalue weighted by Crippen LogP contribution is 2.21. The summed E-state index contributed by atoms with van der Waals surface area (Å²) in [5.74, 6) is -0.337. The third kappa shape index (κ3) is 4.94. The maximum atomic E-state index is 11.6. The number of hydrogen-bond acceptors (Lipinski definition) is 4. The molecule has 1 saturated carbocycles. The zero-order valence-corrected chi connectivity index (χ0v) is 10.5. The van der Waals surface area contributed by atoms with Gasteiger partial charge >= 0.3 is 5.97 Å². The van der Waals surface area contributed by atoms with Crippen molar-refractivity contribution in [2.24, 2.45) is 5.73 Å². The molecular weight excluding hydrogens is 206 g/mol. The number of carbonyl (C=O) groups is 1. The van der Waals surface area contributed by atoms with Crippen LogP contribution in [0.1, 0.15) is 46.5 Å². The number of carbonyl (C=O) groups excluding carboxylic acids is 1. The molecule has 94 valence electrons. The van der Waals surface area contributed by atoms with Gasteiger partial charge in [0, 0.05) is 0 Å². The SMILES string of the molecule is CC(C)(C)OCC(N)C(=O)OC1CCCC1.